The summed E-state index contributed by atoms with van der Waals surface area (Å²) in [4.78, 5) is 31.7. The fraction of sp³-hybridized carbons (Fsp3) is 0.440. The molecule has 7 heteroatoms. The highest BCUT2D eigenvalue weighted by atomic mass is 16.5. The number of methoxy groups -OCH3 is 1. The van der Waals surface area contributed by atoms with Crippen molar-refractivity contribution in [1.29, 1.82) is 0 Å². The first-order chi connectivity index (χ1) is 15.7. The van der Waals surface area contributed by atoms with E-state index in [1.807, 2.05) is 30.3 Å². The quantitative estimate of drug-likeness (QED) is 0.644. The van der Waals surface area contributed by atoms with Gasteiger partial charge in [-0.25, -0.2) is 0 Å². The van der Waals surface area contributed by atoms with Crippen LogP contribution >= 0.6 is 0 Å². The minimum atomic E-state index is -0.318. The molecular weight excluding hydrogens is 404 g/mol. The topological polar surface area (TPSA) is 65.1 Å². The van der Waals surface area contributed by atoms with Gasteiger partial charge in [0.1, 0.15) is 5.75 Å². The van der Waals surface area contributed by atoms with Gasteiger partial charge in [-0.05, 0) is 37.2 Å². The molecule has 1 unspecified atom stereocenters. The fourth-order valence-electron chi connectivity index (χ4n) is 4.50. The Bertz CT molecular complexity index is 912. The molecule has 0 bridgehead atoms. The maximum absolute atomic E-state index is 12.6. The van der Waals surface area contributed by atoms with Crippen molar-refractivity contribution in [1.82, 2.24) is 10.2 Å². The van der Waals surface area contributed by atoms with Crippen molar-refractivity contribution < 1.29 is 14.3 Å². The maximum Gasteiger partial charge on any atom is 0.227 e. The molecule has 0 saturated carbocycles. The number of carbonyl (C=O) groups excluding carboxylic acids is 2. The number of nitrogens with zero attached hydrogens (tertiary/aromatic N) is 3. The Morgan fingerprint density at radius 2 is 1.75 bits per heavy atom. The second-order valence-corrected chi connectivity index (χ2v) is 8.39. The molecule has 32 heavy (non-hydrogen) atoms. The lowest BCUT2D eigenvalue weighted by molar-refractivity contribution is -0.126. The van der Waals surface area contributed by atoms with Crippen molar-refractivity contribution >= 4 is 23.2 Å². The zero-order valence-corrected chi connectivity index (χ0v) is 18.7. The van der Waals surface area contributed by atoms with Crippen molar-refractivity contribution in [3.05, 3.63) is 54.6 Å². The molecule has 2 fully saturated rings. The Balaban J connectivity index is 1.17. The van der Waals surface area contributed by atoms with Gasteiger partial charge in [0.15, 0.2) is 0 Å². The number of nitrogens with one attached hydrogen (secondary N) is 1. The summed E-state index contributed by atoms with van der Waals surface area (Å²) >= 11 is 0. The van der Waals surface area contributed by atoms with Crippen LogP contribution in [-0.4, -0.2) is 69.6 Å². The minimum absolute atomic E-state index is 0.0362. The highest BCUT2D eigenvalue weighted by Gasteiger charge is 2.36. The van der Waals surface area contributed by atoms with Gasteiger partial charge in [0.2, 0.25) is 11.8 Å². The summed E-state index contributed by atoms with van der Waals surface area (Å²) in [6.45, 7) is 6.13. The molecule has 1 N–H and O–H groups in total. The van der Waals surface area contributed by atoms with E-state index in [9.17, 15) is 9.59 Å². The molecule has 0 aromatic heterocycles. The molecule has 170 valence electrons. The number of benzene rings is 2. The third kappa shape index (κ3) is 5.22. The van der Waals surface area contributed by atoms with Gasteiger partial charge in [0, 0.05) is 51.4 Å². The molecule has 1 atom stereocenters. The summed E-state index contributed by atoms with van der Waals surface area (Å²) < 4.78 is 5.37. The third-order valence-electron chi connectivity index (χ3n) is 6.32. The number of ether oxygens (including phenoxy) is 1. The summed E-state index contributed by atoms with van der Waals surface area (Å²) in [5, 5.41) is 3.03. The predicted molar refractivity (Wildman–Crippen MR) is 126 cm³/mol. The lowest BCUT2D eigenvalue weighted by atomic mass is 10.1. The molecule has 2 aromatic carbocycles. The van der Waals surface area contributed by atoms with E-state index < -0.39 is 0 Å². The molecular formula is C25H32N4O3. The van der Waals surface area contributed by atoms with Gasteiger partial charge < -0.3 is 19.9 Å². The number of para-hydroxylation sites is 3. The number of hydrogen-bond acceptors (Lipinski definition) is 5. The average molecular weight is 437 g/mol. The first kappa shape index (κ1) is 22.1. The van der Waals surface area contributed by atoms with E-state index in [1.165, 1.54) is 5.69 Å². The Morgan fingerprint density at radius 3 is 2.50 bits per heavy atom. The van der Waals surface area contributed by atoms with Crippen LogP contribution in [0.15, 0.2) is 54.6 Å². The molecule has 0 spiro atoms. The van der Waals surface area contributed by atoms with Gasteiger partial charge in [0.05, 0.1) is 18.7 Å². The van der Waals surface area contributed by atoms with E-state index in [0.29, 0.717) is 18.8 Å². The second kappa shape index (κ2) is 10.5. The molecule has 7 nitrogen and oxygen atoms in total. The summed E-state index contributed by atoms with van der Waals surface area (Å²) in [7, 11) is 1.59. The van der Waals surface area contributed by atoms with Crippen LogP contribution in [0.2, 0.25) is 0 Å². The minimum Gasteiger partial charge on any atom is -0.495 e. The van der Waals surface area contributed by atoms with E-state index in [2.05, 4.69) is 39.4 Å². The zero-order valence-electron chi connectivity index (χ0n) is 18.7. The molecule has 0 aliphatic carbocycles. The van der Waals surface area contributed by atoms with Crippen LogP contribution in [0.25, 0.3) is 0 Å². The SMILES string of the molecule is COc1ccccc1N1CC(C(=O)NCCCN2CCN(c3ccccc3)CC2)CC1=O. The van der Waals surface area contributed by atoms with Gasteiger partial charge in [0.25, 0.3) is 0 Å². The standard InChI is InChI=1S/C25H32N4O3/c1-32-23-11-6-5-10-22(23)29-19-20(18-24(29)30)25(31)26-12-7-13-27-14-16-28(17-15-27)21-8-3-2-4-9-21/h2-6,8-11,20H,7,12-19H2,1H3,(H,26,31). The molecule has 4 rings (SSSR count). The van der Waals surface area contributed by atoms with E-state index in [4.69, 9.17) is 4.74 Å². The number of amides is 2. The van der Waals surface area contributed by atoms with Crippen molar-refractivity contribution in [2.45, 2.75) is 12.8 Å². The maximum atomic E-state index is 12.6. The van der Waals surface area contributed by atoms with Crippen LogP contribution in [0, 0.1) is 5.92 Å². The largest absolute Gasteiger partial charge is 0.495 e. The Kier molecular flexibility index (Phi) is 7.27. The van der Waals surface area contributed by atoms with Crippen LogP contribution in [0.5, 0.6) is 5.75 Å². The monoisotopic (exact) mass is 436 g/mol. The summed E-state index contributed by atoms with van der Waals surface area (Å²) in [6.07, 6.45) is 1.15. The fourth-order valence-corrected chi connectivity index (χ4v) is 4.50. The van der Waals surface area contributed by atoms with Crippen molar-refractivity contribution in [2.75, 3.05) is 62.7 Å². The molecule has 2 aromatic rings. The van der Waals surface area contributed by atoms with Gasteiger partial charge in [-0.2, -0.15) is 0 Å². The average Bonchev–Trinajstić information content (AvgIpc) is 3.24. The van der Waals surface area contributed by atoms with Crippen molar-refractivity contribution in [3.63, 3.8) is 0 Å². The van der Waals surface area contributed by atoms with Gasteiger partial charge in [-0.3, -0.25) is 14.5 Å². The normalized spacial score (nSPS) is 19.3. The van der Waals surface area contributed by atoms with Gasteiger partial charge in [-0.1, -0.05) is 30.3 Å². The van der Waals surface area contributed by atoms with Crippen molar-refractivity contribution in [3.8, 4) is 5.75 Å². The predicted octanol–water partition coefficient (Wildman–Crippen LogP) is 2.38. The number of rotatable bonds is 8. The highest BCUT2D eigenvalue weighted by Crippen LogP contribution is 2.32. The van der Waals surface area contributed by atoms with Gasteiger partial charge >= 0.3 is 0 Å². The van der Waals surface area contributed by atoms with Crippen LogP contribution in [0.4, 0.5) is 11.4 Å². The number of hydrogen-bond donors (Lipinski definition) is 1. The molecule has 2 aliphatic heterocycles. The second-order valence-electron chi connectivity index (χ2n) is 8.39. The lowest BCUT2D eigenvalue weighted by Gasteiger charge is -2.36. The summed E-state index contributed by atoms with van der Waals surface area (Å²) in [6, 6.07) is 18.0. The van der Waals surface area contributed by atoms with Crippen molar-refractivity contribution in [2.24, 2.45) is 5.92 Å². The number of anilines is 2. The molecule has 2 amide bonds. The molecule has 0 radical (unpaired) electrons. The van der Waals surface area contributed by atoms with Gasteiger partial charge in [-0.15, -0.1) is 0 Å². The molecule has 2 saturated heterocycles. The van der Waals surface area contributed by atoms with Crippen LogP contribution < -0.4 is 19.9 Å². The highest BCUT2D eigenvalue weighted by molar-refractivity contribution is 6.01. The first-order valence-electron chi connectivity index (χ1n) is 11.4. The van der Waals surface area contributed by atoms with E-state index in [1.54, 1.807) is 12.0 Å². The van der Waals surface area contributed by atoms with Crippen LogP contribution in [0.3, 0.4) is 0 Å². The third-order valence-corrected chi connectivity index (χ3v) is 6.32. The Labute approximate surface area is 189 Å². The zero-order chi connectivity index (χ0) is 22.3. The Hall–Kier alpha value is -3.06. The van der Waals surface area contributed by atoms with Crippen LogP contribution in [-0.2, 0) is 9.59 Å². The summed E-state index contributed by atoms with van der Waals surface area (Å²) in [5.41, 5.74) is 2.01. The first-order valence-corrected chi connectivity index (χ1v) is 11.4. The van der Waals surface area contributed by atoms with E-state index in [-0.39, 0.29) is 24.2 Å². The Morgan fingerprint density at radius 1 is 1.03 bits per heavy atom. The summed E-state index contributed by atoms with van der Waals surface area (Å²) in [5.74, 6) is 0.256. The van der Waals surface area contributed by atoms with Crippen LogP contribution in [0.1, 0.15) is 12.8 Å². The lowest BCUT2D eigenvalue weighted by Crippen LogP contribution is -2.47. The molecule has 2 aliphatic rings. The number of carbonyl (C=O) groups is 2. The molecule has 2 heterocycles. The van der Waals surface area contributed by atoms with E-state index >= 15 is 0 Å². The van der Waals surface area contributed by atoms with E-state index in [0.717, 1.165) is 44.8 Å². The smallest absolute Gasteiger partial charge is 0.227 e. The number of piperazine rings is 1.